The maximum Gasteiger partial charge on any atom is 0.248 e. The van der Waals surface area contributed by atoms with Crippen LogP contribution in [0.4, 0.5) is 0 Å². The van der Waals surface area contributed by atoms with Crippen molar-refractivity contribution < 1.29 is 14.3 Å². The highest BCUT2D eigenvalue weighted by atomic mass is 16.5. The van der Waals surface area contributed by atoms with Crippen molar-refractivity contribution in [2.75, 3.05) is 26.8 Å². The molecule has 1 saturated heterocycles. The predicted molar refractivity (Wildman–Crippen MR) is 76.8 cm³/mol. The molecule has 0 aliphatic carbocycles. The second-order valence-corrected chi connectivity index (χ2v) is 5.00. The van der Waals surface area contributed by atoms with E-state index in [1.807, 2.05) is 30.3 Å². The van der Waals surface area contributed by atoms with Crippen molar-refractivity contribution >= 4 is 16.7 Å². The van der Waals surface area contributed by atoms with Gasteiger partial charge in [-0.1, -0.05) is 36.4 Å². The molecule has 0 N–H and O–H groups in total. The third-order valence-electron chi connectivity index (χ3n) is 3.52. The van der Waals surface area contributed by atoms with Crippen molar-refractivity contribution in [3.8, 4) is 5.75 Å². The predicted octanol–water partition coefficient (Wildman–Crippen LogP) is 2.08. The highest BCUT2D eigenvalue weighted by Gasteiger charge is 2.23. The first-order valence-electron chi connectivity index (χ1n) is 6.70. The molecule has 1 atom stereocenters. The van der Waals surface area contributed by atoms with Crippen LogP contribution in [0, 0.1) is 0 Å². The van der Waals surface area contributed by atoms with Crippen molar-refractivity contribution in [2.24, 2.45) is 0 Å². The van der Waals surface area contributed by atoms with Gasteiger partial charge in [-0.25, -0.2) is 0 Å². The van der Waals surface area contributed by atoms with Gasteiger partial charge in [-0.15, -0.1) is 0 Å². The van der Waals surface area contributed by atoms with Crippen LogP contribution in [-0.2, 0) is 9.53 Å². The Bertz CT molecular complexity index is 621. The number of fused-ring (bicyclic) bond motifs is 1. The van der Waals surface area contributed by atoms with Gasteiger partial charge in [0.2, 0.25) is 5.91 Å². The zero-order chi connectivity index (χ0) is 13.9. The molecule has 0 unspecified atom stereocenters. The first kappa shape index (κ1) is 12.9. The van der Waals surface area contributed by atoms with E-state index in [2.05, 4.69) is 12.1 Å². The maximum absolute atomic E-state index is 11.3. The Morgan fingerprint density at radius 3 is 2.90 bits per heavy atom. The molecule has 1 aliphatic heterocycles. The number of hydrogen-bond acceptors (Lipinski definition) is 3. The Hall–Kier alpha value is -2.07. The van der Waals surface area contributed by atoms with E-state index in [0.717, 1.165) is 16.5 Å². The summed E-state index contributed by atoms with van der Waals surface area (Å²) in [4.78, 5) is 13.0. The molecule has 1 aliphatic rings. The molecule has 20 heavy (non-hydrogen) atoms. The molecule has 0 saturated carbocycles. The van der Waals surface area contributed by atoms with E-state index in [9.17, 15) is 4.79 Å². The summed E-state index contributed by atoms with van der Waals surface area (Å²) in [7, 11) is 1.79. The molecule has 4 heteroatoms. The molecule has 104 valence electrons. The maximum atomic E-state index is 11.3. The van der Waals surface area contributed by atoms with Gasteiger partial charge in [-0.05, 0) is 11.5 Å². The standard InChI is InChI=1S/C16H17NO3/c1-17-9-13(19-11-16(17)18)10-20-15-8-4-6-12-5-2-3-7-14(12)15/h2-8,13H,9-11H2,1H3/t13-/m0/s1. The molecule has 3 rings (SSSR count). The molecule has 2 aromatic carbocycles. The highest BCUT2D eigenvalue weighted by Crippen LogP contribution is 2.25. The van der Waals surface area contributed by atoms with Crippen molar-refractivity contribution in [3.63, 3.8) is 0 Å². The number of morpholine rings is 1. The summed E-state index contributed by atoms with van der Waals surface area (Å²) in [6, 6.07) is 14.1. The number of likely N-dealkylation sites (N-methyl/N-ethyl adjacent to an activating group) is 1. The number of hydrogen-bond donors (Lipinski definition) is 0. The van der Waals surface area contributed by atoms with Crippen molar-refractivity contribution in [1.82, 2.24) is 4.90 Å². The Morgan fingerprint density at radius 2 is 2.05 bits per heavy atom. The van der Waals surface area contributed by atoms with Gasteiger partial charge in [-0.2, -0.15) is 0 Å². The van der Waals surface area contributed by atoms with Crippen LogP contribution in [0.2, 0.25) is 0 Å². The number of rotatable bonds is 3. The third kappa shape index (κ3) is 2.60. The normalized spacial score (nSPS) is 19.4. The van der Waals surface area contributed by atoms with Gasteiger partial charge in [0, 0.05) is 19.0 Å². The lowest BCUT2D eigenvalue weighted by Gasteiger charge is -2.29. The van der Waals surface area contributed by atoms with Crippen LogP contribution in [0.5, 0.6) is 5.75 Å². The fourth-order valence-corrected chi connectivity index (χ4v) is 2.36. The zero-order valence-corrected chi connectivity index (χ0v) is 11.4. The number of amides is 1. The Balaban J connectivity index is 1.70. The number of carbonyl (C=O) groups is 1. The summed E-state index contributed by atoms with van der Waals surface area (Å²) in [5.41, 5.74) is 0. The van der Waals surface area contributed by atoms with E-state index in [0.29, 0.717) is 13.2 Å². The zero-order valence-electron chi connectivity index (χ0n) is 11.4. The largest absolute Gasteiger partial charge is 0.490 e. The van der Waals surface area contributed by atoms with Gasteiger partial charge in [0.1, 0.15) is 25.1 Å². The van der Waals surface area contributed by atoms with Crippen LogP contribution >= 0.6 is 0 Å². The summed E-state index contributed by atoms with van der Waals surface area (Å²) in [5.74, 6) is 0.873. The molecule has 1 fully saturated rings. The van der Waals surface area contributed by atoms with E-state index in [4.69, 9.17) is 9.47 Å². The number of nitrogens with zero attached hydrogens (tertiary/aromatic N) is 1. The van der Waals surface area contributed by atoms with Crippen molar-refractivity contribution in [2.45, 2.75) is 6.10 Å². The van der Waals surface area contributed by atoms with E-state index in [-0.39, 0.29) is 18.6 Å². The molecule has 1 heterocycles. The SMILES string of the molecule is CN1C[C@@H](COc2cccc3ccccc23)OCC1=O. The first-order chi connectivity index (χ1) is 9.74. The van der Waals surface area contributed by atoms with Crippen LogP contribution in [0.25, 0.3) is 10.8 Å². The van der Waals surface area contributed by atoms with Crippen LogP contribution < -0.4 is 4.74 Å². The van der Waals surface area contributed by atoms with Gasteiger partial charge in [0.15, 0.2) is 0 Å². The monoisotopic (exact) mass is 271 g/mol. The molecule has 4 nitrogen and oxygen atoms in total. The summed E-state index contributed by atoms with van der Waals surface area (Å²) in [6.07, 6.45) is -0.0725. The van der Waals surface area contributed by atoms with Crippen molar-refractivity contribution in [1.29, 1.82) is 0 Å². The topological polar surface area (TPSA) is 38.8 Å². The van der Waals surface area contributed by atoms with Gasteiger partial charge in [0.25, 0.3) is 0 Å². The van der Waals surface area contributed by atoms with E-state index in [1.54, 1.807) is 11.9 Å². The average Bonchev–Trinajstić information content (AvgIpc) is 2.48. The Morgan fingerprint density at radius 1 is 1.25 bits per heavy atom. The fourth-order valence-electron chi connectivity index (χ4n) is 2.36. The smallest absolute Gasteiger partial charge is 0.248 e. The molecule has 2 aromatic rings. The van der Waals surface area contributed by atoms with Crippen molar-refractivity contribution in [3.05, 3.63) is 42.5 Å². The lowest BCUT2D eigenvalue weighted by molar-refractivity contribution is -0.148. The number of benzene rings is 2. The van der Waals surface area contributed by atoms with Gasteiger partial charge >= 0.3 is 0 Å². The average molecular weight is 271 g/mol. The van der Waals surface area contributed by atoms with Crippen LogP contribution in [-0.4, -0.2) is 43.7 Å². The molecule has 0 spiro atoms. The number of ether oxygens (including phenoxy) is 2. The third-order valence-corrected chi connectivity index (χ3v) is 3.52. The summed E-state index contributed by atoms with van der Waals surface area (Å²) in [6.45, 7) is 1.16. The first-order valence-corrected chi connectivity index (χ1v) is 6.70. The van der Waals surface area contributed by atoms with Gasteiger partial charge in [-0.3, -0.25) is 4.79 Å². The van der Waals surface area contributed by atoms with Crippen LogP contribution in [0.1, 0.15) is 0 Å². The summed E-state index contributed by atoms with van der Waals surface area (Å²) < 4.78 is 11.4. The van der Waals surface area contributed by atoms with Crippen LogP contribution in [0.3, 0.4) is 0 Å². The quantitative estimate of drug-likeness (QED) is 0.858. The Kier molecular flexibility index (Phi) is 3.56. The second-order valence-electron chi connectivity index (χ2n) is 5.00. The molecule has 0 aromatic heterocycles. The fraction of sp³-hybridized carbons (Fsp3) is 0.312. The van der Waals surface area contributed by atoms with Crippen LogP contribution in [0.15, 0.2) is 42.5 Å². The van der Waals surface area contributed by atoms with Gasteiger partial charge < -0.3 is 14.4 Å². The van der Waals surface area contributed by atoms with Gasteiger partial charge in [0.05, 0.1) is 0 Å². The minimum atomic E-state index is -0.0725. The van der Waals surface area contributed by atoms with E-state index in [1.165, 1.54) is 0 Å². The minimum absolute atomic E-state index is 0.0198. The molecule has 0 bridgehead atoms. The molecular weight excluding hydrogens is 254 g/mol. The summed E-state index contributed by atoms with van der Waals surface area (Å²) in [5, 5.41) is 2.25. The second kappa shape index (κ2) is 5.51. The number of carbonyl (C=O) groups excluding carboxylic acids is 1. The molecular formula is C16H17NO3. The highest BCUT2D eigenvalue weighted by molar-refractivity contribution is 5.88. The minimum Gasteiger partial charge on any atom is -0.490 e. The van der Waals surface area contributed by atoms with E-state index < -0.39 is 0 Å². The lowest BCUT2D eigenvalue weighted by atomic mass is 10.1. The van der Waals surface area contributed by atoms with E-state index >= 15 is 0 Å². The lowest BCUT2D eigenvalue weighted by Crippen LogP contribution is -2.46. The molecule has 1 amide bonds. The molecule has 0 radical (unpaired) electrons. The summed E-state index contributed by atoms with van der Waals surface area (Å²) >= 11 is 0. The Labute approximate surface area is 117 Å².